The van der Waals surface area contributed by atoms with Gasteiger partial charge in [-0.15, -0.1) is 0 Å². The second-order valence-electron chi connectivity index (χ2n) is 7.03. The summed E-state index contributed by atoms with van der Waals surface area (Å²) in [5, 5.41) is 5.14. The highest BCUT2D eigenvalue weighted by Crippen LogP contribution is 2.33. The quantitative estimate of drug-likeness (QED) is 0.592. The first-order chi connectivity index (χ1) is 13.8. The molecular formula is C21H19N5O2. The van der Waals surface area contributed by atoms with Gasteiger partial charge in [-0.05, 0) is 48.6 Å². The molecule has 7 nitrogen and oxygen atoms in total. The van der Waals surface area contributed by atoms with Gasteiger partial charge in [0.05, 0.1) is 0 Å². The van der Waals surface area contributed by atoms with Crippen molar-refractivity contribution in [1.82, 2.24) is 25.0 Å². The third-order valence-corrected chi connectivity index (χ3v) is 5.38. The number of piperidine rings is 1. The molecule has 0 unspecified atom stereocenters. The highest BCUT2D eigenvalue weighted by molar-refractivity contribution is 5.93. The summed E-state index contributed by atoms with van der Waals surface area (Å²) in [5.74, 6) is 0.890. The number of likely N-dealkylation sites (tertiary alicyclic amines) is 1. The van der Waals surface area contributed by atoms with Crippen LogP contribution in [0.15, 0.2) is 59.6 Å². The van der Waals surface area contributed by atoms with Crippen molar-refractivity contribution in [2.45, 2.75) is 18.8 Å². The van der Waals surface area contributed by atoms with Gasteiger partial charge in [0.1, 0.15) is 5.65 Å². The zero-order valence-electron chi connectivity index (χ0n) is 15.2. The second-order valence-corrected chi connectivity index (χ2v) is 7.03. The van der Waals surface area contributed by atoms with Crippen LogP contribution < -0.4 is 0 Å². The van der Waals surface area contributed by atoms with E-state index >= 15 is 0 Å². The molecule has 1 aliphatic rings. The predicted octanol–water partition coefficient (Wildman–Crippen LogP) is 3.63. The minimum absolute atomic E-state index is 0.0852. The molecule has 1 saturated heterocycles. The summed E-state index contributed by atoms with van der Waals surface area (Å²) in [6.45, 7) is 1.40. The Morgan fingerprint density at radius 1 is 1.18 bits per heavy atom. The zero-order chi connectivity index (χ0) is 18.9. The monoisotopic (exact) mass is 373 g/mol. The molecule has 0 atom stereocenters. The first-order valence-electron chi connectivity index (χ1n) is 9.38. The van der Waals surface area contributed by atoms with Crippen molar-refractivity contribution in [2.75, 3.05) is 13.1 Å². The summed E-state index contributed by atoms with van der Waals surface area (Å²) >= 11 is 0. The number of hydrogen-bond donors (Lipinski definition) is 1. The highest BCUT2D eigenvalue weighted by Gasteiger charge is 2.27. The van der Waals surface area contributed by atoms with Gasteiger partial charge in [0.2, 0.25) is 0 Å². The largest absolute Gasteiger partial charge is 0.355 e. The number of fused-ring (bicyclic) bond motifs is 1. The van der Waals surface area contributed by atoms with E-state index in [4.69, 9.17) is 4.52 Å². The molecule has 0 aliphatic carbocycles. The second kappa shape index (κ2) is 6.92. The lowest BCUT2D eigenvalue weighted by atomic mass is 9.89. The van der Waals surface area contributed by atoms with Crippen molar-refractivity contribution in [2.24, 2.45) is 0 Å². The molecule has 0 spiro atoms. The van der Waals surface area contributed by atoms with E-state index in [9.17, 15) is 4.79 Å². The third kappa shape index (κ3) is 2.94. The topological polar surface area (TPSA) is 87.9 Å². The molecule has 1 fully saturated rings. The lowest BCUT2D eigenvalue weighted by Crippen LogP contribution is -2.38. The van der Waals surface area contributed by atoms with E-state index in [1.54, 1.807) is 24.7 Å². The van der Waals surface area contributed by atoms with Crippen LogP contribution in [0, 0.1) is 0 Å². The van der Waals surface area contributed by atoms with E-state index in [2.05, 4.69) is 32.4 Å². The maximum absolute atomic E-state index is 12.8. The number of amides is 1. The van der Waals surface area contributed by atoms with Crippen molar-refractivity contribution >= 4 is 16.9 Å². The van der Waals surface area contributed by atoms with E-state index in [0.29, 0.717) is 30.5 Å². The first-order valence-corrected chi connectivity index (χ1v) is 9.38. The Labute approximate surface area is 161 Å². The summed E-state index contributed by atoms with van der Waals surface area (Å²) in [7, 11) is 0. The molecule has 4 aromatic rings. The molecule has 5 rings (SSSR count). The van der Waals surface area contributed by atoms with Gasteiger partial charge in [0.25, 0.3) is 5.91 Å². The van der Waals surface area contributed by atoms with Crippen LogP contribution in [0.2, 0.25) is 0 Å². The van der Waals surface area contributed by atoms with Gasteiger partial charge in [-0.25, -0.2) is 4.98 Å². The summed E-state index contributed by atoms with van der Waals surface area (Å²) in [4.78, 5) is 26.4. The van der Waals surface area contributed by atoms with E-state index in [0.717, 1.165) is 24.1 Å². The highest BCUT2D eigenvalue weighted by atomic mass is 16.5. The molecule has 28 heavy (non-hydrogen) atoms. The van der Waals surface area contributed by atoms with Crippen molar-refractivity contribution in [3.63, 3.8) is 0 Å². The van der Waals surface area contributed by atoms with Crippen molar-refractivity contribution < 1.29 is 9.32 Å². The summed E-state index contributed by atoms with van der Waals surface area (Å²) in [6, 6.07) is 9.45. The first kappa shape index (κ1) is 16.7. The Balaban J connectivity index is 1.28. The van der Waals surface area contributed by atoms with Gasteiger partial charge in [0.15, 0.2) is 11.5 Å². The van der Waals surface area contributed by atoms with Crippen molar-refractivity contribution in [1.29, 1.82) is 0 Å². The molecule has 0 radical (unpaired) electrons. The number of rotatable bonds is 3. The number of carbonyl (C=O) groups is 1. The zero-order valence-corrected chi connectivity index (χ0v) is 15.2. The fourth-order valence-corrected chi connectivity index (χ4v) is 3.89. The number of carbonyl (C=O) groups excluding carboxylic acids is 1. The smallest absolute Gasteiger partial charge is 0.276 e. The Bertz CT molecular complexity index is 1110. The van der Waals surface area contributed by atoms with Crippen LogP contribution in [0.3, 0.4) is 0 Å². The standard InChI is InChI=1S/C21H19N5O2/c27-21(18-11-19(28-25-18)15-3-1-7-22-12-15)26-9-5-14(6-10-26)17-13-24-20-16(17)4-2-8-23-20/h1-4,7-8,11-14H,5-6,9-10H2,(H,23,24). The van der Waals surface area contributed by atoms with E-state index in [1.807, 2.05) is 23.1 Å². The summed E-state index contributed by atoms with van der Waals surface area (Å²) < 4.78 is 5.34. The van der Waals surface area contributed by atoms with Gasteiger partial charge < -0.3 is 14.4 Å². The maximum atomic E-state index is 12.8. The Morgan fingerprint density at radius 2 is 2.04 bits per heavy atom. The molecular weight excluding hydrogens is 354 g/mol. The van der Waals surface area contributed by atoms with Crippen LogP contribution in [-0.4, -0.2) is 44.0 Å². The molecule has 0 saturated carbocycles. The Hall–Kier alpha value is -3.48. The summed E-state index contributed by atoms with van der Waals surface area (Å²) in [6.07, 6.45) is 9.07. The van der Waals surface area contributed by atoms with Gasteiger partial charge in [0, 0.05) is 54.9 Å². The fourth-order valence-electron chi connectivity index (χ4n) is 3.89. The van der Waals surface area contributed by atoms with Crippen molar-refractivity contribution in [3.05, 3.63) is 66.4 Å². The average Bonchev–Trinajstić information content (AvgIpc) is 3.42. The van der Waals surface area contributed by atoms with Gasteiger partial charge >= 0.3 is 0 Å². The van der Waals surface area contributed by atoms with Gasteiger partial charge in [-0.1, -0.05) is 5.16 Å². The van der Waals surface area contributed by atoms with Gasteiger partial charge in [-0.3, -0.25) is 9.78 Å². The lowest BCUT2D eigenvalue weighted by Gasteiger charge is -2.31. The summed E-state index contributed by atoms with van der Waals surface area (Å²) in [5.41, 5.74) is 3.35. The number of hydrogen-bond acceptors (Lipinski definition) is 5. The molecule has 4 aromatic heterocycles. The normalized spacial score (nSPS) is 15.2. The molecule has 1 amide bonds. The molecule has 0 aromatic carbocycles. The minimum Gasteiger partial charge on any atom is -0.355 e. The van der Waals surface area contributed by atoms with Crippen LogP contribution in [0.5, 0.6) is 0 Å². The van der Waals surface area contributed by atoms with Crippen LogP contribution in [0.4, 0.5) is 0 Å². The molecule has 1 N–H and O–H groups in total. The van der Waals surface area contributed by atoms with Gasteiger partial charge in [-0.2, -0.15) is 0 Å². The fraction of sp³-hybridized carbons (Fsp3) is 0.238. The average molecular weight is 373 g/mol. The lowest BCUT2D eigenvalue weighted by molar-refractivity contribution is 0.0703. The number of aromatic amines is 1. The number of aromatic nitrogens is 4. The third-order valence-electron chi connectivity index (χ3n) is 5.38. The molecule has 7 heteroatoms. The van der Waals surface area contributed by atoms with Crippen molar-refractivity contribution in [3.8, 4) is 11.3 Å². The van der Waals surface area contributed by atoms with Crippen LogP contribution in [0.25, 0.3) is 22.4 Å². The predicted molar refractivity (Wildman–Crippen MR) is 104 cm³/mol. The SMILES string of the molecule is O=C(c1cc(-c2cccnc2)on1)N1CCC(c2c[nH]c3ncccc23)CC1. The number of pyridine rings is 2. The van der Waals surface area contributed by atoms with Crippen LogP contribution >= 0.6 is 0 Å². The van der Waals surface area contributed by atoms with E-state index in [-0.39, 0.29) is 5.91 Å². The molecule has 5 heterocycles. The molecule has 1 aliphatic heterocycles. The molecule has 0 bridgehead atoms. The molecule has 140 valence electrons. The minimum atomic E-state index is -0.0852. The van der Waals surface area contributed by atoms with E-state index < -0.39 is 0 Å². The van der Waals surface area contributed by atoms with Crippen LogP contribution in [0.1, 0.15) is 34.8 Å². The maximum Gasteiger partial charge on any atom is 0.276 e. The number of H-pyrrole nitrogens is 1. The Morgan fingerprint density at radius 3 is 2.86 bits per heavy atom. The number of nitrogens with one attached hydrogen (secondary N) is 1. The van der Waals surface area contributed by atoms with Crippen LogP contribution in [-0.2, 0) is 0 Å². The van der Waals surface area contributed by atoms with E-state index in [1.165, 1.54) is 10.9 Å². The number of nitrogens with zero attached hydrogens (tertiary/aromatic N) is 4. The Kier molecular flexibility index (Phi) is 4.12.